The second kappa shape index (κ2) is 8.43. The van der Waals surface area contributed by atoms with Gasteiger partial charge in [0.05, 0.1) is 24.3 Å². The monoisotopic (exact) mass is 392 g/mol. The van der Waals surface area contributed by atoms with Gasteiger partial charge in [0.1, 0.15) is 6.10 Å². The number of ether oxygens (including phenoxy) is 2. The number of methoxy groups -OCH3 is 1. The van der Waals surface area contributed by atoms with Crippen LogP contribution in [0.4, 0.5) is 4.79 Å². The molecule has 2 aliphatic heterocycles. The summed E-state index contributed by atoms with van der Waals surface area (Å²) >= 11 is 1.58. The lowest BCUT2D eigenvalue weighted by molar-refractivity contribution is -0.148. The molecule has 1 N–H and O–H groups in total. The molecule has 0 aliphatic carbocycles. The lowest BCUT2D eigenvalue weighted by Crippen LogP contribution is -2.44. The molecule has 0 saturated carbocycles. The minimum absolute atomic E-state index is 0.0829. The summed E-state index contributed by atoms with van der Waals surface area (Å²) in [5.41, 5.74) is 0.787. The SMILES string of the molecule is COC(=O)N[C@H]1CSC[C@@H]1OC(=O)CCCN1C(=O)c2ccccc2C1=O. The van der Waals surface area contributed by atoms with Gasteiger partial charge < -0.3 is 14.8 Å². The van der Waals surface area contributed by atoms with Gasteiger partial charge >= 0.3 is 12.1 Å². The van der Waals surface area contributed by atoms with Gasteiger partial charge in [0, 0.05) is 24.5 Å². The highest BCUT2D eigenvalue weighted by atomic mass is 32.2. The summed E-state index contributed by atoms with van der Waals surface area (Å²) in [7, 11) is 1.28. The highest BCUT2D eigenvalue weighted by Crippen LogP contribution is 2.24. The predicted octanol–water partition coefficient (Wildman–Crippen LogP) is 1.45. The molecular weight excluding hydrogens is 372 g/mol. The first-order valence-electron chi connectivity index (χ1n) is 8.58. The van der Waals surface area contributed by atoms with E-state index in [4.69, 9.17) is 4.74 Å². The van der Waals surface area contributed by atoms with E-state index in [-0.39, 0.29) is 30.8 Å². The summed E-state index contributed by atoms with van der Waals surface area (Å²) in [5.74, 6) is 0.147. The number of thioether (sulfide) groups is 1. The molecule has 1 aromatic rings. The molecular formula is C18H20N2O6S. The number of amides is 3. The first-order valence-corrected chi connectivity index (χ1v) is 9.73. The van der Waals surface area contributed by atoms with Crippen LogP contribution >= 0.6 is 11.8 Å². The third-order valence-corrected chi connectivity index (χ3v) is 5.60. The van der Waals surface area contributed by atoms with E-state index in [1.807, 2.05) is 0 Å². The Morgan fingerprint density at radius 2 is 1.85 bits per heavy atom. The van der Waals surface area contributed by atoms with Crippen molar-refractivity contribution in [2.45, 2.75) is 25.0 Å². The largest absolute Gasteiger partial charge is 0.459 e. The van der Waals surface area contributed by atoms with Crippen LogP contribution in [0.1, 0.15) is 33.6 Å². The summed E-state index contributed by atoms with van der Waals surface area (Å²) in [5, 5.41) is 2.65. The van der Waals surface area contributed by atoms with Crippen molar-refractivity contribution in [3.63, 3.8) is 0 Å². The topological polar surface area (TPSA) is 102 Å². The number of nitrogens with zero attached hydrogens (tertiary/aromatic N) is 1. The van der Waals surface area contributed by atoms with Crippen molar-refractivity contribution in [1.82, 2.24) is 10.2 Å². The maximum Gasteiger partial charge on any atom is 0.407 e. The van der Waals surface area contributed by atoms with Crippen LogP contribution in [0, 0.1) is 0 Å². The molecule has 2 aliphatic rings. The fraction of sp³-hybridized carbons (Fsp3) is 0.444. The Bertz CT molecular complexity index is 733. The molecule has 3 rings (SSSR count). The van der Waals surface area contributed by atoms with Crippen molar-refractivity contribution in [3.8, 4) is 0 Å². The zero-order chi connectivity index (χ0) is 19.4. The van der Waals surface area contributed by atoms with Gasteiger partial charge in [-0.1, -0.05) is 12.1 Å². The molecule has 0 spiro atoms. The van der Waals surface area contributed by atoms with Crippen LogP contribution in [0.15, 0.2) is 24.3 Å². The molecule has 1 aromatic carbocycles. The smallest absolute Gasteiger partial charge is 0.407 e. The van der Waals surface area contributed by atoms with Crippen molar-refractivity contribution >= 4 is 35.6 Å². The normalized spacial score (nSPS) is 21.1. The number of hydrogen-bond donors (Lipinski definition) is 1. The molecule has 27 heavy (non-hydrogen) atoms. The maximum atomic E-state index is 12.3. The quantitative estimate of drug-likeness (QED) is 0.577. The molecule has 0 unspecified atom stereocenters. The fourth-order valence-corrected chi connectivity index (χ4v) is 4.27. The molecule has 0 radical (unpaired) electrons. The summed E-state index contributed by atoms with van der Waals surface area (Å²) in [6, 6.07) is 6.38. The maximum absolute atomic E-state index is 12.3. The van der Waals surface area contributed by atoms with Gasteiger partial charge in [-0.3, -0.25) is 19.3 Å². The minimum atomic E-state index is -0.561. The molecule has 144 valence electrons. The molecule has 8 nitrogen and oxygen atoms in total. The first kappa shape index (κ1) is 19.2. The van der Waals surface area contributed by atoms with Crippen LogP contribution in [0.25, 0.3) is 0 Å². The van der Waals surface area contributed by atoms with E-state index in [9.17, 15) is 19.2 Å². The standard InChI is InChI=1S/C18H20N2O6S/c1-25-18(24)19-13-9-27-10-14(13)26-15(21)7-4-8-20-16(22)11-5-2-3-6-12(11)17(20)23/h2-3,5-6,13-14H,4,7-10H2,1H3,(H,19,24)/t13-,14-/m0/s1. The predicted molar refractivity (Wildman–Crippen MR) is 97.6 cm³/mol. The van der Waals surface area contributed by atoms with Crippen molar-refractivity contribution in [2.24, 2.45) is 0 Å². The summed E-state index contributed by atoms with van der Waals surface area (Å²) in [6.45, 7) is 0.157. The number of carbonyl (C=O) groups excluding carboxylic acids is 4. The molecule has 2 heterocycles. The molecule has 1 fully saturated rings. The second-order valence-electron chi connectivity index (χ2n) is 6.22. The average molecular weight is 392 g/mol. The third-order valence-electron chi connectivity index (χ3n) is 4.44. The minimum Gasteiger partial charge on any atom is -0.459 e. The number of hydrogen-bond acceptors (Lipinski definition) is 7. The molecule has 2 atom stereocenters. The number of carbonyl (C=O) groups is 4. The Hall–Kier alpha value is -2.55. The Labute approximate surface area is 160 Å². The van der Waals surface area contributed by atoms with Gasteiger partial charge in [-0.15, -0.1) is 0 Å². The number of rotatable bonds is 6. The Morgan fingerprint density at radius 3 is 2.48 bits per heavy atom. The number of esters is 1. The first-order chi connectivity index (χ1) is 13.0. The van der Waals surface area contributed by atoms with Crippen molar-refractivity contribution in [3.05, 3.63) is 35.4 Å². The molecule has 0 aromatic heterocycles. The van der Waals surface area contributed by atoms with Crippen molar-refractivity contribution < 1.29 is 28.7 Å². The lowest BCUT2D eigenvalue weighted by Gasteiger charge is -2.20. The molecule has 0 bridgehead atoms. The zero-order valence-corrected chi connectivity index (χ0v) is 15.6. The second-order valence-corrected chi connectivity index (χ2v) is 7.29. The number of alkyl carbamates (subject to hydrolysis) is 1. The molecule has 9 heteroatoms. The summed E-state index contributed by atoms with van der Waals surface area (Å²) in [6.07, 6.45) is -0.575. The third kappa shape index (κ3) is 4.24. The van der Waals surface area contributed by atoms with Crippen LogP contribution < -0.4 is 5.32 Å². The molecule has 3 amide bonds. The van der Waals surface area contributed by atoms with Crippen LogP contribution in [0.3, 0.4) is 0 Å². The molecule has 1 saturated heterocycles. The fourth-order valence-electron chi connectivity index (χ4n) is 3.05. The summed E-state index contributed by atoms with van der Waals surface area (Å²) < 4.78 is 10.00. The van der Waals surface area contributed by atoms with Gasteiger partial charge in [-0.2, -0.15) is 11.8 Å². The average Bonchev–Trinajstić information content (AvgIpc) is 3.19. The number of fused-ring (bicyclic) bond motifs is 1. The van der Waals surface area contributed by atoms with Crippen LogP contribution in [0.2, 0.25) is 0 Å². The van der Waals surface area contributed by atoms with Gasteiger partial charge in [-0.05, 0) is 18.6 Å². The van der Waals surface area contributed by atoms with E-state index in [1.165, 1.54) is 7.11 Å². The van der Waals surface area contributed by atoms with E-state index in [2.05, 4.69) is 10.1 Å². The van der Waals surface area contributed by atoms with E-state index in [0.29, 0.717) is 29.1 Å². The Morgan fingerprint density at radius 1 is 1.19 bits per heavy atom. The number of benzene rings is 1. The van der Waals surface area contributed by atoms with E-state index >= 15 is 0 Å². The number of nitrogens with one attached hydrogen (secondary N) is 1. The van der Waals surface area contributed by atoms with Crippen LogP contribution in [0.5, 0.6) is 0 Å². The Kier molecular flexibility index (Phi) is 6.00. The van der Waals surface area contributed by atoms with Crippen molar-refractivity contribution in [1.29, 1.82) is 0 Å². The highest BCUT2D eigenvalue weighted by molar-refractivity contribution is 7.99. The van der Waals surface area contributed by atoms with Gasteiger partial charge in [0.2, 0.25) is 0 Å². The van der Waals surface area contributed by atoms with Crippen LogP contribution in [-0.2, 0) is 14.3 Å². The van der Waals surface area contributed by atoms with Gasteiger partial charge in [0.25, 0.3) is 11.8 Å². The Balaban J connectivity index is 1.46. The van der Waals surface area contributed by atoms with Gasteiger partial charge in [-0.25, -0.2) is 4.79 Å². The van der Waals surface area contributed by atoms with Crippen LogP contribution in [-0.4, -0.2) is 66.1 Å². The zero-order valence-electron chi connectivity index (χ0n) is 14.8. The summed E-state index contributed by atoms with van der Waals surface area (Å²) in [4.78, 5) is 49.1. The van der Waals surface area contributed by atoms with E-state index < -0.39 is 18.2 Å². The van der Waals surface area contributed by atoms with E-state index in [1.54, 1.807) is 36.0 Å². The van der Waals surface area contributed by atoms with Gasteiger partial charge in [0.15, 0.2) is 0 Å². The number of imide groups is 1. The highest BCUT2D eigenvalue weighted by Gasteiger charge is 2.35. The van der Waals surface area contributed by atoms with Crippen molar-refractivity contribution in [2.75, 3.05) is 25.2 Å². The lowest BCUT2D eigenvalue weighted by atomic mass is 10.1. The van der Waals surface area contributed by atoms with E-state index in [0.717, 1.165) is 4.90 Å².